The van der Waals surface area contributed by atoms with E-state index in [0.717, 1.165) is 28.9 Å². The zero-order chi connectivity index (χ0) is 14.5. The van der Waals surface area contributed by atoms with Crippen LogP contribution < -0.4 is 10.2 Å². The first-order valence-electron chi connectivity index (χ1n) is 6.54. The third-order valence-corrected chi connectivity index (χ3v) is 3.99. The SMILES string of the molecule is CC(C)NCc1cncc(N(C)Cc2ccc(Cl)s2)n1. The van der Waals surface area contributed by atoms with Gasteiger partial charge in [0.1, 0.15) is 5.82 Å². The first-order chi connectivity index (χ1) is 9.54. The number of hydrogen-bond acceptors (Lipinski definition) is 5. The summed E-state index contributed by atoms with van der Waals surface area (Å²) in [6.07, 6.45) is 3.59. The average Bonchev–Trinajstić information content (AvgIpc) is 2.82. The topological polar surface area (TPSA) is 41.1 Å². The lowest BCUT2D eigenvalue weighted by Gasteiger charge is -2.17. The quantitative estimate of drug-likeness (QED) is 0.888. The van der Waals surface area contributed by atoms with Crippen LogP contribution in [-0.4, -0.2) is 23.1 Å². The molecule has 2 rings (SSSR count). The van der Waals surface area contributed by atoms with Crippen LogP contribution in [0.5, 0.6) is 0 Å². The predicted molar refractivity (Wildman–Crippen MR) is 85.4 cm³/mol. The van der Waals surface area contributed by atoms with Crippen LogP contribution in [0.2, 0.25) is 4.34 Å². The highest BCUT2D eigenvalue weighted by molar-refractivity contribution is 7.16. The second kappa shape index (κ2) is 7.02. The van der Waals surface area contributed by atoms with Gasteiger partial charge in [-0.25, -0.2) is 4.98 Å². The average molecular weight is 311 g/mol. The largest absolute Gasteiger partial charge is 0.353 e. The van der Waals surface area contributed by atoms with E-state index in [9.17, 15) is 0 Å². The molecule has 0 bridgehead atoms. The first-order valence-corrected chi connectivity index (χ1v) is 7.73. The number of hydrogen-bond donors (Lipinski definition) is 1. The van der Waals surface area contributed by atoms with Crippen LogP contribution in [0.3, 0.4) is 0 Å². The molecule has 1 N–H and O–H groups in total. The van der Waals surface area contributed by atoms with Crippen molar-refractivity contribution >= 4 is 28.8 Å². The lowest BCUT2D eigenvalue weighted by Crippen LogP contribution is -2.23. The standard InChI is InChI=1S/C14H19ClN4S/c1-10(2)17-7-11-6-16-8-14(18-11)19(3)9-12-4-5-13(15)20-12/h4-6,8,10,17H,7,9H2,1-3H3. The summed E-state index contributed by atoms with van der Waals surface area (Å²) < 4.78 is 0.814. The lowest BCUT2D eigenvalue weighted by molar-refractivity contribution is 0.580. The van der Waals surface area contributed by atoms with Gasteiger partial charge in [0.25, 0.3) is 0 Å². The van der Waals surface area contributed by atoms with Crippen molar-refractivity contribution in [1.29, 1.82) is 0 Å². The zero-order valence-electron chi connectivity index (χ0n) is 11.9. The highest BCUT2D eigenvalue weighted by Gasteiger charge is 2.07. The van der Waals surface area contributed by atoms with Gasteiger partial charge in [0, 0.05) is 30.7 Å². The molecule has 0 fully saturated rings. The van der Waals surface area contributed by atoms with E-state index >= 15 is 0 Å². The van der Waals surface area contributed by atoms with Gasteiger partial charge in [-0.15, -0.1) is 11.3 Å². The molecule has 2 heterocycles. The fourth-order valence-electron chi connectivity index (χ4n) is 1.72. The van der Waals surface area contributed by atoms with E-state index in [1.165, 1.54) is 4.88 Å². The summed E-state index contributed by atoms with van der Waals surface area (Å²) in [4.78, 5) is 12.2. The number of aromatic nitrogens is 2. The summed E-state index contributed by atoms with van der Waals surface area (Å²) in [6, 6.07) is 4.40. The van der Waals surface area contributed by atoms with E-state index in [-0.39, 0.29) is 0 Å². The summed E-state index contributed by atoms with van der Waals surface area (Å²) in [6.45, 7) is 5.75. The van der Waals surface area contributed by atoms with Crippen LogP contribution in [0.1, 0.15) is 24.4 Å². The highest BCUT2D eigenvalue weighted by atomic mass is 35.5. The molecule has 6 heteroatoms. The highest BCUT2D eigenvalue weighted by Crippen LogP contribution is 2.23. The van der Waals surface area contributed by atoms with Crippen molar-refractivity contribution < 1.29 is 0 Å². The second-order valence-corrected chi connectivity index (χ2v) is 6.77. The van der Waals surface area contributed by atoms with Crippen molar-refractivity contribution in [3.05, 3.63) is 39.4 Å². The van der Waals surface area contributed by atoms with Gasteiger partial charge in [-0.05, 0) is 12.1 Å². The molecule has 0 saturated carbocycles. The fourth-order valence-corrected chi connectivity index (χ4v) is 2.87. The maximum absolute atomic E-state index is 5.95. The monoisotopic (exact) mass is 310 g/mol. The van der Waals surface area contributed by atoms with Gasteiger partial charge in [-0.2, -0.15) is 0 Å². The predicted octanol–water partition coefficient (Wildman–Crippen LogP) is 3.33. The van der Waals surface area contributed by atoms with E-state index in [4.69, 9.17) is 11.6 Å². The molecule has 2 aromatic heterocycles. The van der Waals surface area contributed by atoms with Gasteiger partial charge in [0.2, 0.25) is 0 Å². The lowest BCUT2D eigenvalue weighted by atomic mass is 10.3. The van der Waals surface area contributed by atoms with E-state index in [1.54, 1.807) is 23.7 Å². The van der Waals surface area contributed by atoms with Gasteiger partial charge in [-0.3, -0.25) is 4.98 Å². The summed E-state index contributed by atoms with van der Waals surface area (Å²) in [5.41, 5.74) is 0.951. The van der Waals surface area contributed by atoms with Crippen molar-refractivity contribution in [1.82, 2.24) is 15.3 Å². The molecule has 4 nitrogen and oxygen atoms in total. The molecule has 0 aromatic carbocycles. The van der Waals surface area contributed by atoms with Crippen molar-refractivity contribution in [2.75, 3.05) is 11.9 Å². The molecule has 0 aliphatic rings. The maximum Gasteiger partial charge on any atom is 0.147 e. The fraction of sp³-hybridized carbons (Fsp3) is 0.429. The minimum Gasteiger partial charge on any atom is -0.353 e. The summed E-state index contributed by atoms with van der Waals surface area (Å²) in [5, 5.41) is 3.34. The van der Waals surface area contributed by atoms with E-state index in [2.05, 4.69) is 34.0 Å². The molecule has 0 aliphatic carbocycles. The minimum atomic E-state index is 0.437. The Bertz CT molecular complexity index is 556. The third kappa shape index (κ3) is 4.44. The maximum atomic E-state index is 5.95. The van der Waals surface area contributed by atoms with Gasteiger partial charge in [-0.1, -0.05) is 25.4 Å². The molecule has 0 spiro atoms. The van der Waals surface area contributed by atoms with E-state index in [1.807, 2.05) is 19.2 Å². The molecule has 0 unspecified atom stereocenters. The Balaban J connectivity index is 2.02. The van der Waals surface area contributed by atoms with Gasteiger partial charge in [0.15, 0.2) is 0 Å². The number of nitrogens with one attached hydrogen (secondary N) is 1. The molecule has 20 heavy (non-hydrogen) atoms. The van der Waals surface area contributed by atoms with Gasteiger partial charge >= 0.3 is 0 Å². The van der Waals surface area contributed by atoms with Gasteiger partial charge < -0.3 is 10.2 Å². The first kappa shape index (κ1) is 15.2. The Morgan fingerprint density at radius 3 is 2.80 bits per heavy atom. The molecule has 0 atom stereocenters. The van der Waals surface area contributed by atoms with Gasteiger partial charge in [0.05, 0.1) is 22.8 Å². The van der Waals surface area contributed by atoms with Crippen LogP contribution in [0.15, 0.2) is 24.5 Å². The second-order valence-electron chi connectivity index (χ2n) is 4.97. The normalized spacial score (nSPS) is 11.1. The van der Waals surface area contributed by atoms with Crippen molar-refractivity contribution in [3.63, 3.8) is 0 Å². The Hall–Kier alpha value is -1.17. The molecule has 0 radical (unpaired) electrons. The number of rotatable bonds is 6. The molecular weight excluding hydrogens is 292 g/mol. The number of anilines is 1. The molecule has 0 aliphatic heterocycles. The van der Waals surface area contributed by atoms with Crippen LogP contribution >= 0.6 is 22.9 Å². The minimum absolute atomic E-state index is 0.437. The molecular formula is C14H19ClN4S. The van der Waals surface area contributed by atoms with E-state index in [0.29, 0.717) is 6.04 Å². The Morgan fingerprint density at radius 2 is 2.15 bits per heavy atom. The number of halogens is 1. The van der Waals surface area contributed by atoms with Crippen LogP contribution in [0.4, 0.5) is 5.82 Å². The zero-order valence-corrected chi connectivity index (χ0v) is 13.5. The number of nitrogens with zero attached hydrogens (tertiary/aromatic N) is 3. The molecule has 2 aromatic rings. The van der Waals surface area contributed by atoms with Crippen molar-refractivity contribution in [2.45, 2.75) is 33.0 Å². The molecule has 0 saturated heterocycles. The van der Waals surface area contributed by atoms with E-state index < -0.39 is 0 Å². The summed E-state index contributed by atoms with van der Waals surface area (Å²) in [7, 11) is 2.01. The Labute approximate surface area is 128 Å². The van der Waals surface area contributed by atoms with Crippen LogP contribution in [-0.2, 0) is 13.1 Å². The van der Waals surface area contributed by atoms with Crippen molar-refractivity contribution in [2.24, 2.45) is 0 Å². The third-order valence-electron chi connectivity index (χ3n) is 2.78. The summed E-state index contributed by atoms with van der Waals surface area (Å²) >= 11 is 7.54. The molecule has 108 valence electrons. The van der Waals surface area contributed by atoms with Crippen LogP contribution in [0, 0.1) is 0 Å². The van der Waals surface area contributed by atoms with Crippen LogP contribution in [0.25, 0.3) is 0 Å². The Morgan fingerprint density at radius 1 is 1.35 bits per heavy atom. The smallest absolute Gasteiger partial charge is 0.147 e. The molecule has 0 amide bonds. The Kier molecular flexibility index (Phi) is 5.34. The number of thiophene rings is 1. The summed E-state index contributed by atoms with van der Waals surface area (Å²) in [5.74, 6) is 0.873. The van der Waals surface area contributed by atoms with Crippen molar-refractivity contribution in [3.8, 4) is 0 Å².